The third-order valence-corrected chi connectivity index (χ3v) is 5.47. The van der Waals surface area contributed by atoms with E-state index in [1.165, 1.54) is 44.9 Å². The highest BCUT2D eigenvalue weighted by molar-refractivity contribution is 5.69. The van der Waals surface area contributed by atoms with Crippen molar-refractivity contribution in [3.05, 3.63) is 0 Å². The first-order valence-electron chi connectivity index (χ1n) is 9.56. The summed E-state index contributed by atoms with van der Waals surface area (Å²) in [6.45, 7) is 8.93. The van der Waals surface area contributed by atoms with Crippen LogP contribution in [0.2, 0.25) is 0 Å². The predicted molar refractivity (Wildman–Crippen MR) is 94.6 cm³/mol. The molecule has 2 atom stereocenters. The number of ether oxygens (including phenoxy) is 1. The fourth-order valence-corrected chi connectivity index (χ4v) is 3.80. The molecule has 1 amide bonds. The monoisotopic (exact) mass is 324 g/mol. The third kappa shape index (κ3) is 5.98. The van der Waals surface area contributed by atoms with Gasteiger partial charge in [0.25, 0.3) is 0 Å². The summed E-state index contributed by atoms with van der Waals surface area (Å²) in [7, 11) is 0. The van der Waals surface area contributed by atoms with Crippen LogP contribution in [-0.2, 0) is 4.74 Å². The molecule has 0 aromatic heterocycles. The fraction of sp³-hybridized carbons (Fsp3) is 0.947. The van der Waals surface area contributed by atoms with Gasteiger partial charge in [-0.2, -0.15) is 0 Å². The number of alkyl carbamates (subject to hydrolysis) is 1. The Labute approximate surface area is 142 Å². The highest BCUT2D eigenvalue weighted by Crippen LogP contribution is 2.32. The van der Waals surface area contributed by atoms with Gasteiger partial charge in [-0.05, 0) is 65.2 Å². The van der Waals surface area contributed by atoms with Crippen molar-refractivity contribution in [3.8, 4) is 0 Å². The molecule has 0 aromatic rings. The number of rotatable bonds is 5. The van der Waals surface area contributed by atoms with Gasteiger partial charge in [0.1, 0.15) is 5.60 Å². The zero-order valence-corrected chi connectivity index (χ0v) is 15.5. The zero-order chi connectivity index (χ0) is 16.9. The molecule has 134 valence electrons. The summed E-state index contributed by atoms with van der Waals surface area (Å²) in [6.07, 6.45) is 11.0. The van der Waals surface area contributed by atoms with Crippen molar-refractivity contribution in [1.82, 2.24) is 10.6 Å². The van der Waals surface area contributed by atoms with Crippen LogP contribution in [0, 0.1) is 5.92 Å². The number of hydrogen-bond donors (Lipinski definition) is 2. The zero-order valence-electron chi connectivity index (χ0n) is 15.5. The molecule has 2 N–H and O–H groups in total. The summed E-state index contributed by atoms with van der Waals surface area (Å²) in [5.74, 6) is 0.916. The predicted octanol–water partition coefficient (Wildman–Crippen LogP) is 4.38. The van der Waals surface area contributed by atoms with E-state index in [-0.39, 0.29) is 11.6 Å². The van der Waals surface area contributed by atoms with Crippen molar-refractivity contribution in [2.45, 2.75) is 103 Å². The average Bonchev–Trinajstić information content (AvgIpc) is 2.64. The minimum absolute atomic E-state index is 0.0845. The molecule has 2 unspecified atom stereocenters. The lowest BCUT2D eigenvalue weighted by molar-refractivity contribution is 0.0378. The summed E-state index contributed by atoms with van der Waals surface area (Å²) >= 11 is 0. The van der Waals surface area contributed by atoms with Crippen molar-refractivity contribution in [1.29, 1.82) is 0 Å². The van der Waals surface area contributed by atoms with Gasteiger partial charge >= 0.3 is 6.09 Å². The van der Waals surface area contributed by atoms with Crippen LogP contribution in [0.3, 0.4) is 0 Å². The third-order valence-electron chi connectivity index (χ3n) is 5.47. The molecule has 0 heterocycles. The molecule has 0 saturated heterocycles. The Morgan fingerprint density at radius 2 is 1.87 bits per heavy atom. The van der Waals surface area contributed by atoms with E-state index >= 15 is 0 Å². The van der Waals surface area contributed by atoms with Crippen LogP contribution in [0.15, 0.2) is 0 Å². The molecule has 2 fully saturated rings. The van der Waals surface area contributed by atoms with E-state index in [0.717, 1.165) is 25.3 Å². The van der Waals surface area contributed by atoms with E-state index in [1.54, 1.807) is 0 Å². The van der Waals surface area contributed by atoms with Crippen LogP contribution >= 0.6 is 0 Å². The summed E-state index contributed by atoms with van der Waals surface area (Å²) in [4.78, 5) is 12.1. The number of hydrogen-bond acceptors (Lipinski definition) is 3. The van der Waals surface area contributed by atoms with Gasteiger partial charge < -0.3 is 15.4 Å². The Morgan fingerprint density at radius 1 is 1.13 bits per heavy atom. The Bertz CT molecular complexity index is 385. The Kier molecular flexibility index (Phi) is 6.35. The molecule has 0 bridgehead atoms. The lowest BCUT2D eigenvalue weighted by Gasteiger charge is -2.43. The quantitative estimate of drug-likeness (QED) is 0.738. The van der Waals surface area contributed by atoms with Crippen molar-refractivity contribution < 1.29 is 9.53 Å². The number of amides is 1. The summed E-state index contributed by atoms with van der Waals surface area (Å²) < 4.78 is 5.43. The second kappa shape index (κ2) is 7.87. The fourth-order valence-electron chi connectivity index (χ4n) is 3.80. The normalized spacial score (nSPS) is 27.7. The summed E-state index contributed by atoms with van der Waals surface area (Å²) in [5.41, 5.74) is -0.516. The highest BCUT2D eigenvalue weighted by Gasteiger charge is 2.39. The van der Waals surface area contributed by atoms with Crippen LogP contribution < -0.4 is 10.6 Å². The molecule has 0 aromatic carbocycles. The first kappa shape index (κ1) is 18.6. The van der Waals surface area contributed by atoms with Crippen LogP contribution in [0.25, 0.3) is 0 Å². The van der Waals surface area contributed by atoms with Gasteiger partial charge in [-0.1, -0.05) is 26.2 Å². The molecule has 2 aliphatic rings. The van der Waals surface area contributed by atoms with E-state index in [1.807, 2.05) is 20.8 Å². The van der Waals surface area contributed by atoms with Gasteiger partial charge in [0.2, 0.25) is 0 Å². The second-order valence-electron chi connectivity index (χ2n) is 8.62. The molecule has 2 rings (SSSR count). The van der Waals surface area contributed by atoms with Gasteiger partial charge in [-0.15, -0.1) is 0 Å². The van der Waals surface area contributed by atoms with Gasteiger partial charge in [0, 0.05) is 12.6 Å². The van der Waals surface area contributed by atoms with Gasteiger partial charge in [0.15, 0.2) is 0 Å². The molecule has 23 heavy (non-hydrogen) atoms. The van der Waals surface area contributed by atoms with Gasteiger partial charge in [0.05, 0.1) is 5.54 Å². The van der Waals surface area contributed by atoms with Crippen molar-refractivity contribution in [2.75, 3.05) is 6.54 Å². The van der Waals surface area contributed by atoms with E-state index in [4.69, 9.17) is 4.74 Å². The first-order valence-corrected chi connectivity index (χ1v) is 9.56. The number of carbonyl (C=O) groups excluding carboxylic acids is 1. The molecule has 0 spiro atoms. The van der Waals surface area contributed by atoms with Crippen LogP contribution in [0.5, 0.6) is 0 Å². The molecule has 0 aliphatic heterocycles. The van der Waals surface area contributed by atoms with Crippen molar-refractivity contribution in [2.24, 2.45) is 5.92 Å². The largest absolute Gasteiger partial charge is 0.444 e. The highest BCUT2D eigenvalue weighted by atomic mass is 16.6. The maximum absolute atomic E-state index is 12.1. The van der Waals surface area contributed by atoms with Crippen LogP contribution in [0.4, 0.5) is 4.79 Å². The first-order chi connectivity index (χ1) is 10.8. The molecule has 2 saturated carbocycles. The van der Waals surface area contributed by atoms with Gasteiger partial charge in [-0.3, -0.25) is 0 Å². The average molecular weight is 325 g/mol. The molecular weight excluding hydrogens is 288 g/mol. The molecule has 0 radical (unpaired) electrons. The van der Waals surface area contributed by atoms with E-state index < -0.39 is 5.60 Å². The minimum Gasteiger partial charge on any atom is -0.444 e. The summed E-state index contributed by atoms with van der Waals surface area (Å²) in [6, 6.07) is 0.615. The minimum atomic E-state index is -0.432. The number of nitrogens with one attached hydrogen (secondary N) is 2. The van der Waals surface area contributed by atoms with Crippen LogP contribution in [0.1, 0.15) is 85.5 Å². The Hall–Kier alpha value is -0.770. The van der Waals surface area contributed by atoms with Crippen LogP contribution in [-0.4, -0.2) is 29.8 Å². The van der Waals surface area contributed by atoms with Gasteiger partial charge in [-0.25, -0.2) is 4.79 Å². The van der Waals surface area contributed by atoms with E-state index in [0.29, 0.717) is 6.04 Å². The Morgan fingerprint density at radius 3 is 2.43 bits per heavy atom. The Balaban J connectivity index is 1.79. The maximum atomic E-state index is 12.1. The molecule has 4 heteroatoms. The lowest BCUT2D eigenvalue weighted by atomic mass is 9.76. The lowest BCUT2D eigenvalue weighted by Crippen LogP contribution is -2.60. The van der Waals surface area contributed by atoms with E-state index in [9.17, 15) is 4.79 Å². The van der Waals surface area contributed by atoms with Crippen molar-refractivity contribution >= 4 is 6.09 Å². The molecular formula is C19H36N2O2. The topological polar surface area (TPSA) is 50.4 Å². The smallest absolute Gasteiger partial charge is 0.408 e. The maximum Gasteiger partial charge on any atom is 0.408 e. The number of carbonyl (C=O) groups is 1. The summed E-state index contributed by atoms with van der Waals surface area (Å²) in [5, 5.41) is 6.88. The van der Waals surface area contributed by atoms with Crippen molar-refractivity contribution in [3.63, 3.8) is 0 Å². The molecule has 2 aliphatic carbocycles. The SMILES string of the molecule is CCC1CCCC(NCC2(NC(=O)OC(C)(C)C)CCC2)CC1. The standard InChI is InChI=1S/C19H36N2O2/c1-5-15-8-6-9-16(11-10-15)20-14-19(12-7-13-19)21-17(22)23-18(2,3)4/h15-16,20H,5-14H2,1-4H3,(H,21,22). The van der Waals surface area contributed by atoms with E-state index in [2.05, 4.69) is 17.6 Å². The second-order valence-corrected chi connectivity index (χ2v) is 8.62. The molecule has 4 nitrogen and oxygen atoms in total.